The van der Waals surface area contributed by atoms with Gasteiger partial charge in [-0.25, -0.2) is 4.79 Å². The number of carbonyl (C=O) groups is 1. The smallest absolute Gasteiger partial charge is 0.339 e. The van der Waals surface area contributed by atoms with Gasteiger partial charge in [0.05, 0.1) is 29.8 Å². The number of hydrogen-bond donors (Lipinski definition) is 1. The molecule has 0 aromatic heterocycles. The van der Waals surface area contributed by atoms with Crippen LogP contribution in [0.4, 0.5) is 5.69 Å². The Balaban J connectivity index is 3.55. The predicted molar refractivity (Wildman–Crippen MR) is 55.1 cm³/mol. The third-order valence-corrected chi connectivity index (χ3v) is 2.10. The molecular weight excluding hydrogens is 228 g/mol. The summed E-state index contributed by atoms with van der Waals surface area (Å²) in [6.45, 7) is -0.575. The van der Waals surface area contributed by atoms with Crippen molar-refractivity contribution < 1.29 is 19.6 Å². The van der Waals surface area contributed by atoms with E-state index >= 15 is 0 Å². The Morgan fingerprint density at radius 1 is 1.65 bits per heavy atom. The maximum atomic E-state index is 11.4. The first-order valence-corrected chi connectivity index (χ1v) is 4.45. The van der Waals surface area contributed by atoms with Gasteiger partial charge in [-0.2, -0.15) is 5.26 Å². The molecule has 0 aliphatic carbocycles. The summed E-state index contributed by atoms with van der Waals surface area (Å²) in [6.07, 6.45) is 0. The summed E-state index contributed by atoms with van der Waals surface area (Å²) in [5, 5.41) is 28.5. The summed E-state index contributed by atoms with van der Waals surface area (Å²) in [6, 6.07) is 3.71. The summed E-state index contributed by atoms with van der Waals surface area (Å²) >= 11 is 0. The number of rotatable bonds is 3. The van der Waals surface area contributed by atoms with Gasteiger partial charge in [0.25, 0.3) is 5.69 Å². The molecule has 1 aromatic rings. The standard InChI is InChI=1S/C10H8N2O5/c1-17-10(14)8-3-7(12(15)16)2-6(5-13)9(8)4-11/h2-3,13H,5H2,1H3. The summed E-state index contributed by atoms with van der Waals surface area (Å²) < 4.78 is 4.42. The average Bonchev–Trinajstić information content (AvgIpc) is 2.35. The lowest BCUT2D eigenvalue weighted by atomic mass is 10.0. The minimum atomic E-state index is -0.861. The van der Waals surface area contributed by atoms with Crippen LogP contribution in [0.25, 0.3) is 0 Å². The number of methoxy groups -OCH3 is 1. The minimum absolute atomic E-state index is 0.0158. The van der Waals surface area contributed by atoms with E-state index in [0.717, 1.165) is 19.2 Å². The lowest BCUT2D eigenvalue weighted by Crippen LogP contribution is -2.08. The molecule has 0 atom stereocenters. The van der Waals surface area contributed by atoms with Crippen LogP contribution in [-0.2, 0) is 11.3 Å². The summed E-state index contributed by atoms with van der Waals surface area (Å²) in [5.74, 6) is -0.861. The number of carbonyl (C=O) groups excluding carboxylic acids is 1. The number of aliphatic hydroxyl groups is 1. The number of esters is 1. The van der Waals surface area contributed by atoms with E-state index in [9.17, 15) is 14.9 Å². The van der Waals surface area contributed by atoms with Gasteiger partial charge in [-0.05, 0) is 0 Å². The van der Waals surface area contributed by atoms with E-state index < -0.39 is 17.5 Å². The van der Waals surface area contributed by atoms with E-state index in [1.165, 1.54) is 0 Å². The zero-order valence-corrected chi connectivity index (χ0v) is 8.84. The molecular formula is C10H8N2O5. The molecule has 0 saturated carbocycles. The number of non-ortho nitro benzene ring substituents is 1. The zero-order chi connectivity index (χ0) is 13.0. The molecule has 0 amide bonds. The first-order chi connectivity index (χ1) is 8.04. The van der Waals surface area contributed by atoms with E-state index in [2.05, 4.69) is 4.74 Å². The molecule has 1 aromatic carbocycles. The Labute approximate surface area is 96.0 Å². The van der Waals surface area contributed by atoms with Crippen molar-refractivity contribution in [2.24, 2.45) is 0 Å². The molecule has 1 N–H and O–H groups in total. The van der Waals surface area contributed by atoms with Crippen molar-refractivity contribution >= 4 is 11.7 Å². The number of nitro benzene ring substituents is 1. The van der Waals surface area contributed by atoms with Crippen LogP contribution in [0.15, 0.2) is 12.1 Å². The van der Waals surface area contributed by atoms with Gasteiger partial charge in [0.15, 0.2) is 0 Å². The number of hydrogen-bond acceptors (Lipinski definition) is 6. The van der Waals surface area contributed by atoms with Crippen LogP contribution in [-0.4, -0.2) is 23.1 Å². The molecule has 0 fully saturated rings. The fourth-order valence-corrected chi connectivity index (χ4v) is 1.32. The maximum Gasteiger partial charge on any atom is 0.339 e. The van der Waals surface area contributed by atoms with Gasteiger partial charge in [-0.15, -0.1) is 0 Å². The number of nitrogens with zero attached hydrogens (tertiary/aromatic N) is 2. The topological polar surface area (TPSA) is 113 Å². The Morgan fingerprint density at radius 2 is 2.29 bits per heavy atom. The lowest BCUT2D eigenvalue weighted by Gasteiger charge is -2.06. The average molecular weight is 236 g/mol. The Kier molecular flexibility index (Phi) is 3.74. The fraction of sp³-hybridized carbons (Fsp3) is 0.200. The van der Waals surface area contributed by atoms with Crippen molar-refractivity contribution in [1.29, 1.82) is 5.26 Å². The van der Waals surface area contributed by atoms with Gasteiger partial charge in [-0.1, -0.05) is 0 Å². The third-order valence-electron chi connectivity index (χ3n) is 2.10. The largest absolute Gasteiger partial charge is 0.465 e. The second kappa shape index (κ2) is 5.05. The van der Waals surface area contributed by atoms with Gasteiger partial charge in [0.2, 0.25) is 0 Å². The van der Waals surface area contributed by atoms with Gasteiger partial charge in [0.1, 0.15) is 6.07 Å². The predicted octanol–water partition coefficient (Wildman–Crippen LogP) is 0.745. The highest BCUT2D eigenvalue weighted by atomic mass is 16.6. The molecule has 0 spiro atoms. The summed E-state index contributed by atoms with van der Waals surface area (Å²) in [4.78, 5) is 21.3. The second-order valence-electron chi connectivity index (χ2n) is 3.05. The van der Waals surface area contributed by atoms with Gasteiger partial charge < -0.3 is 9.84 Å². The summed E-state index contributed by atoms with van der Waals surface area (Å²) in [5.41, 5.74) is -0.714. The molecule has 0 saturated heterocycles. The number of nitriles is 1. The van der Waals surface area contributed by atoms with E-state index in [4.69, 9.17) is 10.4 Å². The highest BCUT2D eigenvalue weighted by Crippen LogP contribution is 2.23. The van der Waals surface area contributed by atoms with Crippen molar-refractivity contribution in [3.05, 3.63) is 38.9 Å². The quantitative estimate of drug-likeness (QED) is 0.470. The van der Waals surface area contributed by atoms with Crippen molar-refractivity contribution in [1.82, 2.24) is 0 Å². The van der Waals surface area contributed by atoms with Gasteiger partial charge in [0, 0.05) is 17.7 Å². The van der Waals surface area contributed by atoms with Crippen molar-refractivity contribution in [2.45, 2.75) is 6.61 Å². The fourth-order valence-electron chi connectivity index (χ4n) is 1.32. The van der Waals surface area contributed by atoms with Crippen LogP contribution in [0.2, 0.25) is 0 Å². The van der Waals surface area contributed by atoms with E-state index in [1.54, 1.807) is 6.07 Å². The zero-order valence-electron chi connectivity index (χ0n) is 8.84. The Hall–Kier alpha value is -2.46. The molecule has 0 aliphatic rings. The molecule has 17 heavy (non-hydrogen) atoms. The van der Waals surface area contributed by atoms with E-state index in [-0.39, 0.29) is 22.4 Å². The second-order valence-corrected chi connectivity index (χ2v) is 3.05. The van der Waals surface area contributed by atoms with Crippen LogP contribution in [0.5, 0.6) is 0 Å². The molecule has 0 unspecified atom stereocenters. The highest BCUT2D eigenvalue weighted by molar-refractivity contribution is 5.93. The van der Waals surface area contributed by atoms with Crippen LogP contribution in [0.1, 0.15) is 21.5 Å². The molecule has 7 heteroatoms. The Bertz CT molecular complexity index is 518. The van der Waals surface area contributed by atoms with Crippen molar-refractivity contribution in [2.75, 3.05) is 7.11 Å². The lowest BCUT2D eigenvalue weighted by molar-refractivity contribution is -0.385. The van der Waals surface area contributed by atoms with Crippen molar-refractivity contribution in [3.63, 3.8) is 0 Å². The normalized spacial score (nSPS) is 9.47. The van der Waals surface area contributed by atoms with Gasteiger partial charge >= 0.3 is 5.97 Å². The van der Waals surface area contributed by atoms with E-state index in [1.807, 2.05) is 0 Å². The molecule has 1 rings (SSSR count). The monoisotopic (exact) mass is 236 g/mol. The number of benzene rings is 1. The third kappa shape index (κ3) is 2.38. The van der Waals surface area contributed by atoms with E-state index in [0.29, 0.717) is 0 Å². The molecule has 0 radical (unpaired) electrons. The molecule has 7 nitrogen and oxygen atoms in total. The summed E-state index contributed by atoms with van der Waals surface area (Å²) in [7, 11) is 1.10. The SMILES string of the molecule is COC(=O)c1cc([N+](=O)[O-])cc(CO)c1C#N. The van der Waals surface area contributed by atoms with Crippen LogP contribution in [0, 0.1) is 21.4 Å². The maximum absolute atomic E-state index is 11.4. The molecule has 0 aliphatic heterocycles. The van der Waals surface area contributed by atoms with Gasteiger partial charge in [-0.3, -0.25) is 10.1 Å². The number of nitro groups is 1. The Morgan fingerprint density at radius 3 is 2.71 bits per heavy atom. The number of aliphatic hydroxyl groups excluding tert-OH is 1. The molecule has 0 heterocycles. The van der Waals surface area contributed by atoms with Crippen molar-refractivity contribution in [3.8, 4) is 6.07 Å². The minimum Gasteiger partial charge on any atom is -0.465 e. The highest BCUT2D eigenvalue weighted by Gasteiger charge is 2.21. The molecule has 0 bridgehead atoms. The number of ether oxygens (including phenoxy) is 1. The van der Waals surface area contributed by atoms with Crippen LogP contribution >= 0.6 is 0 Å². The molecule has 88 valence electrons. The first-order valence-electron chi connectivity index (χ1n) is 4.45. The first kappa shape index (κ1) is 12.6. The van der Waals surface area contributed by atoms with Crippen LogP contribution < -0.4 is 0 Å². The van der Waals surface area contributed by atoms with Crippen LogP contribution in [0.3, 0.4) is 0 Å².